The number of hydrogen-bond acceptors (Lipinski definition) is 3. The van der Waals surface area contributed by atoms with Gasteiger partial charge in [-0.1, -0.05) is 0 Å². The Kier molecular flexibility index (Phi) is 255. The number of halogens is 3. The Labute approximate surface area is 72.1 Å². The summed E-state index contributed by atoms with van der Waals surface area (Å²) in [6.07, 6.45) is 0. The highest BCUT2D eigenvalue weighted by atomic mass is 19.0. The van der Waals surface area contributed by atoms with Crippen LogP contribution in [0.2, 0.25) is 0 Å². The molecule has 12 heavy (non-hydrogen) atoms. The second-order valence-corrected chi connectivity index (χ2v) is 1.15. The molecule has 0 aromatic rings. The molecule has 0 aliphatic rings. The van der Waals surface area contributed by atoms with Gasteiger partial charge in [-0.15, -0.1) is 0 Å². The Morgan fingerprint density at radius 2 is 0.833 bits per heavy atom. The molecule has 0 heterocycles. The molecule has 0 bridgehead atoms. The average molecular weight is 197 g/mol. The van der Waals surface area contributed by atoms with Crippen molar-refractivity contribution in [2.75, 3.05) is 27.4 Å². The van der Waals surface area contributed by atoms with Gasteiger partial charge in [0.05, 0.1) is 0 Å². The van der Waals surface area contributed by atoms with Crippen LogP contribution in [0.4, 0.5) is 14.1 Å². The van der Waals surface area contributed by atoms with Crippen molar-refractivity contribution in [1.29, 1.82) is 0 Å². The second-order valence-electron chi connectivity index (χ2n) is 1.15. The fraction of sp³-hybridized carbons (Fsp3) is 1.00. The monoisotopic (exact) mass is 197 g/mol. The minimum atomic E-state index is 0. The van der Waals surface area contributed by atoms with Gasteiger partial charge in [-0.2, -0.15) is 0 Å². The minimum absolute atomic E-state index is 0. The maximum atomic E-state index is 4.54. The highest BCUT2D eigenvalue weighted by molar-refractivity contribution is 3.95. The lowest BCUT2D eigenvalue weighted by atomic mass is 10.9. The first kappa shape index (κ1) is 41.3. The van der Waals surface area contributed by atoms with Gasteiger partial charge in [0.1, 0.15) is 0 Å². The van der Waals surface area contributed by atoms with Crippen molar-refractivity contribution < 1.29 is 23.6 Å². The van der Waals surface area contributed by atoms with Crippen molar-refractivity contribution in [1.82, 2.24) is 6.15 Å². The van der Waals surface area contributed by atoms with Crippen LogP contribution in [0, 0.1) is 0 Å². The van der Waals surface area contributed by atoms with Crippen LogP contribution in [0.15, 0.2) is 0 Å². The van der Waals surface area contributed by atoms with Crippen LogP contribution in [0.1, 0.15) is 13.8 Å². The fourth-order valence-corrected chi connectivity index (χ4v) is 0. The maximum Gasteiger partial charge on any atom is 0.0433 e. The van der Waals surface area contributed by atoms with E-state index in [-0.39, 0.29) is 20.3 Å². The summed E-state index contributed by atoms with van der Waals surface area (Å²) < 4.78 is 9.08. The molecule has 0 aromatic heterocycles. The normalized spacial score (nSPS) is 5.00. The lowest BCUT2D eigenvalue weighted by Crippen LogP contribution is -1.73. The molecule has 84 valence electrons. The van der Waals surface area contributed by atoms with Crippen LogP contribution in [0.25, 0.3) is 0 Å². The Morgan fingerprint density at radius 3 is 0.833 bits per heavy atom. The van der Waals surface area contributed by atoms with Crippen LogP contribution in [0.5, 0.6) is 0 Å². The predicted molar refractivity (Wildman–Crippen MR) is 47.6 cm³/mol. The highest BCUT2D eigenvalue weighted by Gasteiger charge is 1.51. The third-order valence-electron chi connectivity index (χ3n) is 0.577. The first-order valence-electron chi connectivity index (χ1n) is 2.81. The van der Waals surface area contributed by atoms with Gasteiger partial charge >= 0.3 is 0 Å². The zero-order chi connectivity index (χ0) is 6.83. The van der Waals surface area contributed by atoms with Gasteiger partial charge in [0, 0.05) is 27.4 Å². The van der Waals surface area contributed by atoms with Crippen LogP contribution in [-0.2, 0) is 9.47 Å². The standard InChI is InChI=1S/2C3H8O.3FH.H3N/c2*1-3-4-2;;;;/h2*3H2,1-2H3;3*1H;1H3. The van der Waals surface area contributed by atoms with E-state index in [9.17, 15) is 0 Å². The minimum Gasteiger partial charge on any atom is -0.385 e. The van der Waals surface area contributed by atoms with Crippen molar-refractivity contribution in [2.24, 2.45) is 0 Å². The third kappa shape index (κ3) is 261. The van der Waals surface area contributed by atoms with Gasteiger partial charge in [0.25, 0.3) is 0 Å². The van der Waals surface area contributed by atoms with E-state index >= 15 is 0 Å². The molecule has 0 radical (unpaired) electrons. The van der Waals surface area contributed by atoms with E-state index in [4.69, 9.17) is 0 Å². The fourth-order valence-electron chi connectivity index (χ4n) is 0. The summed E-state index contributed by atoms with van der Waals surface area (Å²) in [6.45, 7) is 5.56. The molecule has 0 amide bonds. The molecule has 0 fully saturated rings. The molecule has 3 N–H and O–H groups in total. The van der Waals surface area contributed by atoms with E-state index in [1.807, 2.05) is 13.8 Å². The topological polar surface area (TPSA) is 53.5 Å². The van der Waals surface area contributed by atoms with E-state index in [0.29, 0.717) is 0 Å². The third-order valence-corrected chi connectivity index (χ3v) is 0.577. The Morgan fingerprint density at radius 1 is 0.750 bits per heavy atom. The van der Waals surface area contributed by atoms with Crippen LogP contribution in [-0.4, -0.2) is 27.4 Å². The summed E-state index contributed by atoms with van der Waals surface area (Å²) >= 11 is 0. The molecular weight excluding hydrogens is 175 g/mol. The molecule has 0 saturated carbocycles. The van der Waals surface area contributed by atoms with Crippen molar-refractivity contribution in [3.63, 3.8) is 0 Å². The van der Waals surface area contributed by atoms with Gasteiger partial charge in [0.2, 0.25) is 0 Å². The zero-order valence-corrected chi connectivity index (χ0v) is 8.16. The molecule has 0 aromatic carbocycles. The van der Waals surface area contributed by atoms with E-state index in [1.54, 1.807) is 14.2 Å². The van der Waals surface area contributed by atoms with E-state index < -0.39 is 0 Å². The average Bonchev–Trinajstić information content (AvgIpc) is 1.88. The largest absolute Gasteiger partial charge is 0.385 e. The molecule has 0 rings (SSSR count). The number of hydrogen-bond donors (Lipinski definition) is 1. The van der Waals surface area contributed by atoms with Crippen molar-refractivity contribution >= 4 is 0 Å². The molecule has 0 saturated heterocycles. The first-order chi connectivity index (χ1) is 3.83. The van der Waals surface area contributed by atoms with Crippen molar-refractivity contribution in [3.8, 4) is 0 Å². The number of rotatable bonds is 2. The summed E-state index contributed by atoms with van der Waals surface area (Å²) in [6, 6.07) is 0. The quantitative estimate of drug-likeness (QED) is 0.735. The predicted octanol–water partition coefficient (Wildman–Crippen LogP) is 1.92. The SMILES string of the molecule is CCOC.CCOC.F.F.F.N. The van der Waals surface area contributed by atoms with Crippen LogP contribution < -0.4 is 6.15 Å². The van der Waals surface area contributed by atoms with Gasteiger partial charge in [-0.05, 0) is 13.8 Å². The molecule has 0 unspecified atom stereocenters. The van der Waals surface area contributed by atoms with E-state index in [2.05, 4.69) is 9.47 Å². The number of ether oxygens (including phenoxy) is 2. The first-order valence-corrected chi connectivity index (χ1v) is 2.81. The summed E-state index contributed by atoms with van der Waals surface area (Å²) in [5, 5.41) is 0. The Balaban J connectivity index is -0.0000000112. The lowest BCUT2D eigenvalue weighted by Gasteiger charge is -1.76. The Hall–Kier alpha value is -0.330. The molecule has 0 spiro atoms. The van der Waals surface area contributed by atoms with Crippen molar-refractivity contribution in [3.05, 3.63) is 0 Å². The molecule has 6 heteroatoms. The van der Waals surface area contributed by atoms with E-state index in [0.717, 1.165) is 13.2 Å². The smallest absolute Gasteiger partial charge is 0.0433 e. The zero-order valence-electron chi connectivity index (χ0n) is 8.16. The second kappa shape index (κ2) is 74.1. The summed E-state index contributed by atoms with van der Waals surface area (Å²) in [4.78, 5) is 0. The lowest BCUT2D eigenvalue weighted by molar-refractivity contribution is 0.215. The van der Waals surface area contributed by atoms with Gasteiger partial charge < -0.3 is 15.6 Å². The van der Waals surface area contributed by atoms with E-state index in [1.165, 1.54) is 0 Å². The Bertz CT molecular complexity index is 28.8. The van der Waals surface area contributed by atoms with Gasteiger partial charge in [-0.3, -0.25) is 14.1 Å². The highest BCUT2D eigenvalue weighted by Crippen LogP contribution is 1.52. The molecular formula is C6H22F3NO2. The van der Waals surface area contributed by atoms with Gasteiger partial charge in [-0.25, -0.2) is 0 Å². The summed E-state index contributed by atoms with van der Waals surface area (Å²) in [7, 11) is 3.36. The number of methoxy groups -OCH3 is 2. The molecule has 0 aliphatic carbocycles. The van der Waals surface area contributed by atoms with Crippen LogP contribution >= 0.6 is 0 Å². The maximum absolute atomic E-state index is 4.54. The summed E-state index contributed by atoms with van der Waals surface area (Å²) in [5.74, 6) is 0. The van der Waals surface area contributed by atoms with Crippen LogP contribution in [0.3, 0.4) is 0 Å². The molecule has 0 aliphatic heterocycles. The van der Waals surface area contributed by atoms with Gasteiger partial charge in [0.15, 0.2) is 0 Å². The molecule has 3 nitrogen and oxygen atoms in total. The summed E-state index contributed by atoms with van der Waals surface area (Å²) in [5.41, 5.74) is 0. The molecule has 0 atom stereocenters. The van der Waals surface area contributed by atoms with Crippen molar-refractivity contribution in [2.45, 2.75) is 13.8 Å².